The number of anilines is 1. The summed E-state index contributed by atoms with van der Waals surface area (Å²) < 4.78 is 15.5. The van der Waals surface area contributed by atoms with Crippen LogP contribution in [0.4, 0.5) is 5.00 Å². The minimum Gasteiger partial charge on any atom is -0.465 e. The number of ether oxygens (including phenoxy) is 3. The summed E-state index contributed by atoms with van der Waals surface area (Å²) in [5, 5.41) is 7.00. The average molecular weight is 473 g/mol. The molecule has 12 heteroatoms. The number of esters is 3. The number of aryl methyl sites for hydroxylation is 1. The molecule has 3 aromatic rings. The number of rotatable bonds is 6. The Morgan fingerprint density at radius 2 is 1.67 bits per heavy atom. The highest BCUT2D eigenvalue weighted by Gasteiger charge is 2.27. The molecule has 0 unspecified atom stereocenters. The Morgan fingerprint density at radius 1 is 1.03 bits per heavy atom. The standard InChI is InChI=1S/C21H19N3O8S/c1-10-14(19(27)30-3)17(33-16(10)21(29)31-4)22-13(25)9-32-20(28)15-11-7-5-6-8-12(11)18(26)24(2)23-15/h5-8H,9H2,1-4H3,(H,22,25). The van der Waals surface area contributed by atoms with Crippen molar-refractivity contribution >= 4 is 50.9 Å². The second-order valence-corrected chi connectivity index (χ2v) is 7.71. The first-order valence-corrected chi connectivity index (χ1v) is 10.2. The Bertz CT molecular complexity index is 1340. The van der Waals surface area contributed by atoms with E-state index in [9.17, 15) is 24.0 Å². The van der Waals surface area contributed by atoms with E-state index in [4.69, 9.17) is 14.2 Å². The third-order valence-corrected chi connectivity index (χ3v) is 5.83. The second-order valence-electron chi connectivity index (χ2n) is 6.69. The summed E-state index contributed by atoms with van der Waals surface area (Å²) in [5.41, 5.74) is -0.236. The van der Waals surface area contributed by atoms with E-state index in [0.717, 1.165) is 23.1 Å². The van der Waals surface area contributed by atoms with Crippen LogP contribution in [-0.2, 0) is 26.1 Å². The Kier molecular flexibility index (Phi) is 6.87. The maximum absolute atomic E-state index is 12.6. The van der Waals surface area contributed by atoms with Crippen LogP contribution in [0.1, 0.15) is 36.1 Å². The fraction of sp³-hybridized carbons (Fsp3) is 0.238. The highest BCUT2D eigenvalue weighted by Crippen LogP contribution is 2.34. The molecular formula is C21H19N3O8S. The molecule has 33 heavy (non-hydrogen) atoms. The van der Waals surface area contributed by atoms with Crippen LogP contribution in [0.25, 0.3) is 10.8 Å². The molecule has 2 heterocycles. The van der Waals surface area contributed by atoms with Gasteiger partial charge in [0.2, 0.25) is 0 Å². The monoisotopic (exact) mass is 473 g/mol. The Balaban J connectivity index is 1.80. The molecule has 0 radical (unpaired) electrons. The van der Waals surface area contributed by atoms with Crippen LogP contribution in [0.2, 0.25) is 0 Å². The summed E-state index contributed by atoms with van der Waals surface area (Å²) in [6.45, 7) is 0.809. The van der Waals surface area contributed by atoms with E-state index in [1.165, 1.54) is 21.1 Å². The Morgan fingerprint density at radius 3 is 2.30 bits per heavy atom. The van der Waals surface area contributed by atoms with Gasteiger partial charge in [0.25, 0.3) is 11.5 Å². The molecule has 0 aliphatic carbocycles. The maximum atomic E-state index is 12.6. The summed E-state index contributed by atoms with van der Waals surface area (Å²) in [5.74, 6) is -3.11. The van der Waals surface area contributed by atoms with Gasteiger partial charge in [-0.15, -0.1) is 11.3 Å². The largest absolute Gasteiger partial charge is 0.465 e. The van der Waals surface area contributed by atoms with E-state index in [0.29, 0.717) is 0 Å². The summed E-state index contributed by atoms with van der Waals surface area (Å²) in [4.78, 5) is 61.4. The first kappa shape index (κ1) is 23.6. The molecule has 0 aliphatic rings. The van der Waals surface area contributed by atoms with Crippen LogP contribution in [0, 0.1) is 6.92 Å². The quantitative estimate of drug-likeness (QED) is 0.418. The van der Waals surface area contributed by atoms with Crippen molar-refractivity contribution in [2.45, 2.75) is 6.92 Å². The SMILES string of the molecule is COC(=O)c1sc(NC(=O)COC(=O)c2nn(C)c(=O)c3ccccc23)c(C(=O)OC)c1C. The third-order valence-electron chi connectivity index (χ3n) is 4.64. The Labute approximate surface area is 190 Å². The highest BCUT2D eigenvalue weighted by molar-refractivity contribution is 7.18. The summed E-state index contributed by atoms with van der Waals surface area (Å²) in [6.07, 6.45) is 0. The van der Waals surface area contributed by atoms with Crippen molar-refractivity contribution in [3.63, 3.8) is 0 Å². The van der Waals surface area contributed by atoms with Crippen molar-refractivity contribution in [1.29, 1.82) is 0 Å². The van der Waals surface area contributed by atoms with Gasteiger partial charge in [-0.2, -0.15) is 5.10 Å². The van der Waals surface area contributed by atoms with E-state index in [2.05, 4.69) is 10.4 Å². The van der Waals surface area contributed by atoms with Crippen molar-refractivity contribution in [1.82, 2.24) is 9.78 Å². The molecule has 1 aromatic carbocycles. The number of nitrogens with zero attached hydrogens (tertiary/aromatic N) is 2. The molecule has 0 saturated carbocycles. The number of carbonyl (C=O) groups excluding carboxylic acids is 4. The van der Waals surface area contributed by atoms with Gasteiger partial charge in [0.05, 0.1) is 25.2 Å². The van der Waals surface area contributed by atoms with Crippen molar-refractivity contribution in [2.24, 2.45) is 7.05 Å². The number of hydrogen-bond acceptors (Lipinski definition) is 10. The number of aromatic nitrogens is 2. The van der Waals surface area contributed by atoms with E-state index in [-0.39, 0.29) is 43.0 Å². The van der Waals surface area contributed by atoms with Crippen LogP contribution in [-0.4, -0.2) is 54.4 Å². The predicted octanol–water partition coefficient (Wildman–Crippen LogP) is 1.67. The predicted molar refractivity (Wildman–Crippen MR) is 118 cm³/mol. The van der Waals surface area contributed by atoms with Gasteiger partial charge in [-0.05, 0) is 18.6 Å². The molecule has 11 nitrogen and oxygen atoms in total. The molecule has 0 saturated heterocycles. The van der Waals surface area contributed by atoms with Gasteiger partial charge in [0, 0.05) is 12.4 Å². The minimum atomic E-state index is -0.914. The first-order valence-electron chi connectivity index (χ1n) is 9.42. The molecule has 0 bridgehead atoms. The van der Waals surface area contributed by atoms with E-state index >= 15 is 0 Å². The zero-order valence-electron chi connectivity index (χ0n) is 18.1. The van der Waals surface area contributed by atoms with Gasteiger partial charge < -0.3 is 19.5 Å². The van der Waals surface area contributed by atoms with Gasteiger partial charge in [0.15, 0.2) is 12.3 Å². The number of benzene rings is 1. The maximum Gasteiger partial charge on any atom is 0.359 e. The molecule has 0 fully saturated rings. The van der Waals surface area contributed by atoms with Crippen molar-refractivity contribution in [2.75, 3.05) is 26.1 Å². The number of hydrogen-bond donors (Lipinski definition) is 1. The lowest BCUT2D eigenvalue weighted by Crippen LogP contribution is -2.26. The van der Waals surface area contributed by atoms with Gasteiger partial charge >= 0.3 is 17.9 Å². The molecule has 1 amide bonds. The van der Waals surface area contributed by atoms with Crippen LogP contribution < -0.4 is 10.9 Å². The smallest absolute Gasteiger partial charge is 0.359 e. The van der Waals surface area contributed by atoms with Crippen LogP contribution in [0.3, 0.4) is 0 Å². The first-order chi connectivity index (χ1) is 15.7. The van der Waals surface area contributed by atoms with Gasteiger partial charge in [0.1, 0.15) is 9.88 Å². The lowest BCUT2D eigenvalue weighted by atomic mass is 10.1. The molecule has 172 valence electrons. The number of amides is 1. The minimum absolute atomic E-state index is 0.00621. The van der Waals surface area contributed by atoms with E-state index < -0.39 is 30.4 Å². The number of methoxy groups -OCH3 is 2. The highest BCUT2D eigenvalue weighted by atomic mass is 32.1. The zero-order chi connectivity index (χ0) is 24.3. The van der Waals surface area contributed by atoms with Crippen molar-refractivity contribution in [3.05, 3.63) is 56.3 Å². The number of thiophene rings is 1. The normalized spacial score (nSPS) is 10.5. The number of nitrogens with one attached hydrogen (secondary N) is 1. The van der Waals surface area contributed by atoms with Crippen LogP contribution in [0.5, 0.6) is 0 Å². The molecule has 3 rings (SSSR count). The summed E-state index contributed by atoms with van der Waals surface area (Å²) in [7, 11) is 3.74. The topological polar surface area (TPSA) is 143 Å². The molecule has 0 atom stereocenters. The van der Waals surface area contributed by atoms with Crippen molar-refractivity contribution < 1.29 is 33.4 Å². The van der Waals surface area contributed by atoms with E-state index in [1.54, 1.807) is 24.3 Å². The van der Waals surface area contributed by atoms with Gasteiger partial charge in [-0.3, -0.25) is 9.59 Å². The summed E-state index contributed by atoms with van der Waals surface area (Å²) in [6, 6.07) is 6.39. The van der Waals surface area contributed by atoms with Crippen LogP contribution >= 0.6 is 11.3 Å². The van der Waals surface area contributed by atoms with Crippen molar-refractivity contribution in [3.8, 4) is 0 Å². The zero-order valence-corrected chi connectivity index (χ0v) is 18.9. The fourth-order valence-electron chi connectivity index (χ4n) is 3.05. The van der Waals surface area contributed by atoms with Crippen LogP contribution in [0.15, 0.2) is 29.1 Å². The van der Waals surface area contributed by atoms with E-state index in [1.807, 2.05) is 0 Å². The molecule has 0 aliphatic heterocycles. The lowest BCUT2D eigenvalue weighted by Gasteiger charge is -2.09. The number of carbonyl (C=O) groups is 4. The molecular weight excluding hydrogens is 454 g/mol. The molecule has 2 aromatic heterocycles. The molecule has 0 spiro atoms. The lowest BCUT2D eigenvalue weighted by molar-refractivity contribution is -0.119. The molecule has 1 N–H and O–H groups in total. The van der Waals surface area contributed by atoms with Gasteiger partial charge in [-0.1, -0.05) is 18.2 Å². The fourth-order valence-corrected chi connectivity index (χ4v) is 4.18. The third kappa shape index (κ3) is 4.60. The second kappa shape index (κ2) is 9.61. The average Bonchev–Trinajstić information content (AvgIpc) is 3.14. The number of fused-ring (bicyclic) bond motifs is 1. The van der Waals surface area contributed by atoms with Gasteiger partial charge in [-0.25, -0.2) is 19.1 Å². The Hall–Kier alpha value is -4.06. The summed E-state index contributed by atoms with van der Waals surface area (Å²) >= 11 is 0.829.